The van der Waals surface area contributed by atoms with Crippen molar-refractivity contribution >= 4 is 29.7 Å². The molecule has 1 aromatic heterocycles. The predicted molar refractivity (Wildman–Crippen MR) is 92.1 cm³/mol. The summed E-state index contributed by atoms with van der Waals surface area (Å²) in [5, 5.41) is 0. The monoisotopic (exact) mass is 330 g/mol. The minimum Gasteiger partial charge on any atom is -0.398 e. The average molecular weight is 331 g/mol. The minimum absolute atomic E-state index is 0. The molecule has 0 spiro atoms. The third-order valence-electron chi connectivity index (χ3n) is 4.37. The van der Waals surface area contributed by atoms with Crippen LogP contribution in [0.5, 0.6) is 0 Å². The number of benzene rings is 1. The van der Waals surface area contributed by atoms with Gasteiger partial charge in [0.15, 0.2) is 0 Å². The Morgan fingerprint density at radius 3 is 2.87 bits per heavy atom. The number of carbonyl (C=O) groups is 1. The molecular weight excluding hydrogens is 312 g/mol. The first kappa shape index (κ1) is 15.7. The van der Waals surface area contributed by atoms with Crippen LogP contribution in [-0.2, 0) is 6.42 Å². The van der Waals surface area contributed by atoms with Crippen molar-refractivity contribution in [3.8, 4) is 0 Å². The van der Waals surface area contributed by atoms with E-state index in [9.17, 15) is 4.79 Å². The van der Waals surface area contributed by atoms with Gasteiger partial charge in [-0.3, -0.25) is 4.79 Å². The largest absolute Gasteiger partial charge is 0.398 e. The molecule has 4 rings (SSSR count). The lowest BCUT2D eigenvalue weighted by atomic mass is 9.99. The van der Waals surface area contributed by atoms with Crippen LogP contribution in [0.25, 0.3) is 0 Å². The molecule has 1 amide bonds. The van der Waals surface area contributed by atoms with Crippen LogP contribution in [0.1, 0.15) is 47.1 Å². The standard InChI is InChI=1S/C17H18N4O.ClH/c18-13-4-1-5-15-12(13)3-2-10-21(15)17(22)14-8-9-19-16(20-14)11-6-7-11;/h1,4-5,8-9,11H,2-3,6-7,10,18H2;1H. The van der Waals surface area contributed by atoms with Gasteiger partial charge in [-0.05, 0) is 49.4 Å². The maximum absolute atomic E-state index is 12.9. The third kappa shape index (κ3) is 2.88. The highest BCUT2D eigenvalue weighted by Crippen LogP contribution is 2.38. The molecule has 0 unspecified atom stereocenters. The molecule has 23 heavy (non-hydrogen) atoms. The van der Waals surface area contributed by atoms with Crippen LogP contribution in [0.15, 0.2) is 30.5 Å². The molecule has 6 heteroatoms. The summed E-state index contributed by atoms with van der Waals surface area (Å²) in [6, 6.07) is 7.46. The van der Waals surface area contributed by atoms with E-state index in [2.05, 4.69) is 9.97 Å². The first-order chi connectivity index (χ1) is 10.7. The van der Waals surface area contributed by atoms with Crippen LogP contribution >= 0.6 is 12.4 Å². The second-order valence-electron chi connectivity index (χ2n) is 5.98. The van der Waals surface area contributed by atoms with Gasteiger partial charge in [-0.2, -0.15) is 0 Å². The Balaban J connectivity index is 0.00000156. The van der Waals surface area contributed by atoms with Crippen molar-refractivity contribution in [3.05, 3.63) is 47.5 Å². The maximum atomic E-state index is 12.9. The fourth-order valence-electron chi connectivity index (χ4n) is 3.03. The number of halogens is 1. The van der Waals surface area contributed by atoms with Crippen LogP contribution in [0.3, 0.4) is 0 Å². The average Bonchev–Trinajstić information content (AvgIpc) is 3.39. The fraction of sp³-hybridized carbons (Fsp3) is 0.353. The topological polar surface area (TPSA) is 72.1 Å². The van der Waals surface area contributed by atoms with Crippen LogP contribution in [0.2, 0.25) is 0 Å². The van der Waals surface area contributed by atoms with E-state index in [4.69, 9.17) is 5.73 Å². The summed E-state index contributed by atoms with van der Waals surface area (Å²) >= 11 is 0. The van der Waals surface area contributed by atoms with Crippen LogP contribution < -0.4 is 10.6 Å². The molecule has 2 aliphatic rings. The predicted octanol–water partition coefficient (Wildman–Crippen LogP) is 2.95. The Kier molecular flexibility index (Phi) is 4.22. The molecule has 1 aliphatic heterocycles. The first-order valence-corrected chi connectivity index (χ1v) is 7.76. The van der Waals surface area contributed by atoms with E-state index in [-0.39, 0.29) is 18.3 Å². The summed E-state index contributed by atoms with van der Waals surface area (Å²) < 4.78 is 0. The fourth-order valence-corrected chi connectivity index (χ4v) is 3.03. The van der Waals surface area contributed by atoms with Crippen molar-refractivity contribution < 1.29 is 4.79 Å². The van der Waals surface area contributed by atoms with E-state index >= 15 is 0 Å². The molecule has 5 nitrogen and oxygen atoms in total. The second kappa shape index (κ2) is 6.16. The molecule has 2 aromatic rings. The molecule has 120 valence electrons. The van der Waals surface area contributed by atoms with Crippen molar-refractivity contribution in [2.24, 2.45) is 0 Å². The Hall–Kier alpha value is -2.14. The number of nitrogens with zero attached hydrogens (tertiary/aromatic N) is 3. The molecular formula is C17H19ClN4O. The third-order valence-corrected chi connectivity index (χ3v) is 4.37. The number of carbonyl (C=O) groups excluding carboxylic acids is 1. The van der Waals surface area contributed by atoms with Crippen molar-refractivity contribution in [2.45, 2.75) is 31.6 Å². The summed E-state index contributed by atoms with van der Waals surface area (Å²) in [6.07, 6.45) is 5.79. The van der Waals surface area contributed by atoms with Gasteiger partial charge in [0, 0.05) is 30.0 Å². The lowest BCUT2D eigenvalue weighted by Crippen LogP contribution is -2.36. The highest BCUT2D eigenvalue weighted by Gasteiger charge is 2.29. The van der Waals surface area contributed by atoms with Crippen molar-refractivity contribution in [1.82, 2.24) is 9.97 Å². The van der Waals surface area contributed by atoms with E-state index in [1.807, 2.05) is 18.2 Å². The van der Waals surface area contributed by atoms with Gasteiger partial charge in [0.25, 0.3) is 5.91 Å². The van der Waals surface area contributed by atoms with Crippen molar-refractivity contribution in [3.63, 3.8) is 0 Å². The number of anilines is 2. The Bertz CT molecular complexity index is 745. The lowest BCUT2D eigenvalue weighted by molar-refractivity contribution is 0.0980. The van der Waals surface area contributed by atoms with E-state index in [0.717, 1.165) is 48.4 Å². The molecule has 2 N–H and O–H groups in total. The number of rotatable bonds is 2. The number of amides is 1. The molecule has 0 saturated heterocycles. The number of hydrogen-bond acceptors (Lipinski definition) is 4. The molecule has 1 aromatic carbocycles. The maximum Gasteiger partial charge on any atom is 0.277 e. The van der Waals surface area contributed by atoms with Gasteiger partial charge >= 0.3 is 0 Å². The number of nitrogens with two attached hydrogens (primary N) is 1. The smallest absolute Gasteiger partial charge is 0.277 e. The van der Waals surface area contributed by atoms with Gasteiger partial charge in [0.1, 0.15) is 11.5 Å². The lowest BCUT2D eigenvalue weighted by Gasteiger charge is -2.30. The molecule has 2 heterocycles. The molecule has 1 fully saturated rings. The minimum atomic E-state index is -0.0594. The first-order valence-electron chi connectivity index (χ1n) is 7.76. The van der Waals surface area contributed by atoms with Gasteiger partial charge in [0.2, 0.25) is 0 Å². The van der Waals surface area contributed by atoms with E-state index in [1.165, 1.54) is 0 Å². The van der Waals surface area contributed by atoms with E-state index < -0.39 is 0 Å². The van der Waals surface area contributed by atoms with Gasteiger partial charge < -0.3 is 10.6 Å². The molecule has 0 radical (unpaired) electrons. The van der Waals surface area contributed by atoms with Crippen LogP contribution in [0, 0.1) is 0 Å². The summed E-state index contributed by atoms with van der Waals surface area (Å²) in [5.74, 6) is 1.18. The number of fused-ring (bicyclic) bond motifs is 1. The number of nitrogen functional groups attached to an aromatic ring is 1. The Morgan fingerprint density at radius 2 is 2.09 bits per heavy atom. The zero-order valence-electron chi connectivity index (χ0n) is 12.7. The molecule has 1 aliphatic carbocycles. The van der Waals surface area contributed by atoms with Crippen molar-refractivity contribution in [2.75, 3.05) is 17.2 Å². The second-order valence-corrected chi connectivity index (χ2v) is 5.98. The molecule has 0 bridgehead atoms. The quantitative estimate of drug-likeness (QED) is 0.859. The van der Waals surface area contributed by atoms with Crippen LogP contribution in [0.4, 0.5) is 11.4 Å². The van der Waals surface area contributed by atoms with E-state index in [1.54, 1.807) is 17.2 Å². The molecule has 1 saturated carbocycles. The summed E-state index contributed by atoms with van der Waals surface area (Å²) in [7, 11) is 0. The summed E-state index contributed by atoms with van der Waals surface area (Å²) in [4.78, 5) is 23.4. The SMILES string of the molecule is Cl.Nc1cccc2c1CCCN2C(=O)c1ccnc(C2CC2)n1. The summed E-state index contributed by atoms with van der Waals surface area (Å²) in [6.45, 7) is 0.706. The van der Waals surface area contributed by atoms with Gasteiger partial charge in [-0.15, -0.1) is 12.4 Å². The van der Waals surface area contributed by atoms with Gasteiger partial charge in [-0.25, -0.2) is 9.97 Å². The Labute approximate surface area is 141 Å². The number of hydrogen-bond donors (Lipinski definition) is 1. The van der Waals surface area contributed by atoms with Gasteiger partial charge in [0.05, 0.1) is 0 Å². The zero-order chi connectivity index (χ0) is 15.1. The highest BCUT2D eigenvalue weighted by atomic mass is 35.5. The number of aromatic nitrogens is 2. The summed E-state index contributed by atoms with van der Waals surface area (Å²) in [5.41, 5.74) is 9.28. The highest BCUT2D eigenvalue weighted by molar-refractivity contribution is 6.05. The normalized spacial score (nSPS) is 16.4. The zero-order valence-corrected chi connectivity index (χ0v) is 13.6. The van der Waals surface area contributed by atoms with Gasteiger partial charge in [-0.1, -0.05) is 6.07 Å². The van der Waals surface area contributed by atoms with E-state index in [0.29, 0.717) is 18.2 Å². The molecule has 0 atom stereocenters. The Morgan fingerprint density at radius 1 is 1.26 bits per heavy atom. The van der Waals surface area contributed by atoms with Crippen LogP contribution in [-0.4, -0.2) is 22.4 Å². The van der Waals surface area contributed by atoms with Crippen molar-refractivity contribution in [1.29, 1.82) is 0 Å².